The molecule has 0 bridgehead atoms. The molecular weight excluding hydrogens is 252 g/mol. The van der Waals surface area contributed by atoms with E-state index >= 15 is 0 Å². The number of hydrogen-bond donors (Lipinski definition) is 2. The number of aryl methyl sites for hydroxylation is 2. The lowest BCUT2D eigenvalue weighted by Crippen LogP contribution is -1.99. The first-order valence-electron chi connectivity index (χ1n) is 7.12. The number of carbonyl (C=O) groups is 1. The van der Waals surface area contributed by atoms with E-state index in [2.05, 4.69) is 28.2 Å². The summed E-state index contributed by atoms with van der Waals surface area (Å²) in [5.74, 6) is -0.0944. The van der Waals surface area contributed by atoms with Crippen molar-refractivity contribution in [2.24, 2.45) is 5.92 Å². The molecule has 2 atom stereocenters. The fourth-order valence-corrected chi connectivity index (χ4v) is 3.18. The Kier molecular flexibility index (Phi) is 2.46. The Morgan fingerprint density at radius 1 is 1.30 bits per heavy atom. The number of benzene rings is 1. The van der Waals surface area contributed by atoms with Gasteiger partial charge in [0.15, 0.2) is 0 Å². The zero-order valence-electron chi connectivity index (χ0n) is 11.1. The minimum absolute atomic E-state index is 0.0654. The van der Waals surface area contributed by atoms with Crippen LogP contribution in [0.3, 0.4) is 0 Å². The molecule has 1 saturated carbocycles. The van der Waals surface area contributed by atoms with Crippen LogP contribution in [0.15, 0.2) is 24.4 Å². The van der Waals surface area contributed by atoms with Crippen LogP contribution in [0.25, 0.3) is 11.3 Å². The molecule has 20 heavy (non-hydrogen) atoms. The van der Waals surface area contributed by atoms with Crippen LogP contribution >= 0.6 is 0 Å². The Balaban J connectivity index is 1.61. The maximum absolute atomic E-state index is 10.9. The summed E-state index contributed by atoms with van der Waals surface area (Å²) in [7, 11) is 0. The van der Waals surface area contributed by atoms with Gasteiger partial charge >= 0.3 is 5.97 Å². The fraction of sp³-hybridized carbons (Fsp3) is 0.375. The van der Waals surface area contributed by atoms with Gasteiger partial charge in [0.2, 0.25) is 0 Å². The molecule has 1 heterocycles. The molecule has 0 radical (unpaired) electrons. The molecule has 1 aromatic heterocycles. The average molecular weight is 268 g/mol. The number of H-pyrrole nitrogens is 1. The zero-order chi connectivity index (χ0) is 13.7. The number of fused-ring (bicyclic) bond motifs is 1. The van der Waals surface area contributed by atoms with Gasteiger partial charge < -0.3 is 10.1 Å². The van der Waals surface area contributed by atoms with Gasteiger partial charge in [-0.1, -0.05) is 12.1 Å². The summed E-state index contributed by atoms with van der Waals surface area (Å²) in [4.78, 5) is 18.6. The lowest BCUT2D eigenvalue weighted by atomic mass is 10.0. The fourth-order valence-electron chi connectivity index (χ4n) is 3.18. The first-order chi connectivity index (χ1) is 9.72. The lowest BCUT2D eigenvalue weighted by Gasteiger charge is -2.02. The molecule has 0 saturated heterocycles. The second-order valence-electron chi connectivity index (χ2n) is 5.81. The molecule has 102 valence electrons. The van der Waals surface area contributed by atoms with E-state index in [1.54, 1.807) is 0 Å². The maximum atomic E-state index is 10.9. The van der Waals surface area contributed by atoms with E-state index in [1.807, 2.05) is 6.20 Å². The molecule has 0 amide bonds. The van der Waals surface area contributed by atoms with Crippen molar-refractivity contribution in [3.05, 3.63) is 41.3 Å². The predicted molar refractivity (Wildman–Crippen MR) is 74.5 cm³/mol. The molecule has 4 heteroatoms. The predicted octanol–water partition coefficient (Wildman–Crippen LogP) is 2.75. The Hall–Kier alpha value is -2.10. The molecule has 2 unspecified atom stereocenters. The molecular formula is C16H16N2O2. The van der Waals surface area contributed by atoms with Gasteiger partial charge in [0.1, 0.15) is 5.82 Å². The van der Waals surface area contributed by atoms with Crippen LogP contribution in [0.2, 0.25) is 0 Å². The van der Waals surface area contributed by atoms with Crippen molar-refractivity contribution in [1.29, 1.82) is 0 Å². The summed E-state index contributed by atoms with van der Waals surface area (Å²) in [5, 5.41) is 8.97. The van der Waals surface area contributed by atoms with Crippen LogP contribution in [0.4, 0.5) is 0 Å². The quantitative estimate of drug-likeness (QED) is 0.899. The molecule has 2 aliphatic rings. The number of aromatic amines is 1. The first-order valence-corrected chi connectivity index (χ1v) is 7.12. The highest BCUT2D eigenvalue weighted by atomic mass is 16.4. The monoisotopic (exact) mass is 268 g/mol. The van der Waals surface area contributed by atoms with Gasteiger partial charge in [0.25, 0.3) is 0 Å². The van der Waals surface area contributed by atoms with Crippen LogP contribution in [-0.4, -0.2) is 21.0 Å². The second kappa shape index (κ2) is 4.20. The summed E-state index contributed by atoms with van der Waals surface area (Å²) in [6.07, 6.45) is 6.12. The Labute approximate surface area is 116 Å². The van der Waals surface area contributed by atoms with Gasteiger partial charge in [0.05, 0.1) is 17.8 Å². The van der Waals surface area contributed by atoms with Crippen LogP contribution in [0.5, 0.6) is 0 Å². The molecule has 2 N–H and O–H groups in total. The SMILES string of the molecule is O=C(O)C1CC1c1ncc(-c2ccc3c(c2)CCC3)[nH]1. The summed E-state index contributed by atoms with van der Waals surface area (Å²) in [5.41, 5.74) is 5.04. The number of nitrogens with zero attached hydrogens (tertiary/aromatic N) is 1. The van der Waals surface area contributed by atoms with E-state index in [9.17, 15) is 4.79 Å². The molecule has 0 spiro atoms. The van der Waals surface area contributed by atoms with Crippen molar-refractivity contribution in [1.82, 2.24) is 9.97 Å². The third kappa shape index (κ3) is 1.83. The Bertz CT molecular complexity index is 690. The van der Waals surface area contributed by atoms with Gasteiger partial charge in [-0.05, 0) is 48.4 Å². The number of carboxylic acids is 1. The highest BCUT2D eigenvalue weighted by Gasteiger charge is 2.46. The van der Waals surface area contributed by atoms with Crippen molar-refractivity contribution >= 4 is 5.97 Å². The summed E-state index contributed by atoms with van der Waals surface area (Å²) < 4.78 is 0. The topological polar surface area (TPSA) is 66.0 Å². The molecule has 4 nitrogen and oxygen atoms in total. The van der Waals surface area contributed by atoms with E-state index < -0.39 is 5.97 Å². The normalized spacial score (nSPS) is 23.6. The Morgan fingerprint density at radius 2 is 2.15 bits per heavy atom. The molecule has 0 aliphatic heterocycles. The molecule has 2 aromatic rings. The third-order valence-electron chi connectivity index (χ3n) is 4.46. The van der Waals surface area contributed by atoms with E-state index in [-0.39, 0.29) is 11.8 Å². The van der Waals surface area contributed by atoms with E-state index in [1.165, 1.54) is 24.0 Å². The second-order valence-corrected chi connectivity index (χ2v) is 5.81. The minimum atomic E-state index is -0.717. The third-order valence-corrected chi connectivity index (χ3v) is 4.46. The standard InChI is InChI=1S/C16H16N2O2/c19-16(20)13-7-12(13)15-17-8-14(18-15)11-5-4-9-2-1-3-10(9)6-11/h4-6,8,12-13H,1-3,7H2,(H,17,18)(H,19,20). The number of carboxylic acid groups (broad SMARTS) is 1. The first kappa shape index (κ1) is 11.7. The van der Waals surface area contributed by atoms with Crippen LogP contribution in [0, 0.1) is 5.92 Å². The van der Waals surface area contributed by atoms with Crippen molar-refractivity contribution in [3.8, 4) is 11.3 Å². The van der Waals surface area contributed by atoms with Crippen molar-refractivity contribution in [2.75, 3.05) is 0 Å². The molecule has 1 aromatic carbocycles. The largest absolute Gasteiger partial charge is 0.481 e. The highest BCUT2D eigenvalue weighted by Crippen LogP contribution is 2.46. The van der Waals surface area contributed by atoms with Gasteiger partial charge in [-0.3, -0.25) is 4.79 Å². The number of nitrogens with one attached hydrogen (secondary N) is 1. The zero-order valence-corrected chi connectivity index (χ0v) is 11.1. The van der Waals surface area contributed by atoms with Gasteiger partial charge in [-0.25, -0.2) is 4.98 Å². The minimum Gasteiger partial charge on any atom is -0.481 e. The van der Waals surface area contributed by atoms with Gasteiger partial charge in [-0.15, -0.1) is 0 Å². The molecule has 1 fully saturated rings. The highest BCUT2D eigenvalue weighted by molar-refractivity contribution is 5.75. The maximum Gasteiger partial charge on any atom is 0.307 e. The van der Waals surface area contributed by atoms with E-state index in [4.69, 9.17) is 5.11 Å². The van der Waals surface area contributed by atoms with Crippen molar-refractivity contribution < 1.29 is 9.90 Å². The van der Waals surface area contributed by atoms with Crippen molar-refractivity contribution in [2.45, 2.75) is 31.6 Å². The van der Waals surface area contributed by atoms with Crippen LogP contribution in [0.1, 0.15) is 35.7 Å². The number of aromatic nitrogens is 2. The number of hydrogen-bond acceptors (Lipinski definition) is 2. The number of imidazole rings is 1. The molecule has 4 rings (SSSR count). The smallest absolute Gasteiger partial charge is 0.307 e. The summed E-state index contributed by atoms with van der Waals surface area (Å²) >= 11 is 0. The van der Waals surface area contributed by atoms with Crippen LogP contribution in [-0.2, 0) is 17.6 Å². The van der Waals surface area contributed by atoms with E-state index in [0.29, 0.717) is 6.42 Å². The van der Waals surface area contributed by atoms with Gasteiger partial charge in [-0.2, -0.15) is 0 Å². The van der Waals surface area contributed by atoms with Crippen molar-refractivity contribution in [3.63, 3.8) is 0 Å². The summed E-state index contributed by atoms with van der Waals surface area (Å²) in [6.45, 7) is 0. The number of aliphatic carboxylic acids is 1. The van der Waals surface area contributed by atoms with Gasteiger partial charge in [0, 0.05) is 5.92 Å². The Morgan fingerprint density at radius 3 is 2.95 bits per heavy atom. The summed E-state index contributed by atoms with van der Waals surface area (Å²) in [6, 6.07) is 6.57. The average Bonchev–Trinajstić information content (AvgIpc) is 2.89. The molecule has 2 aliphatic carbocycles. The van der Waals surface area contributed by atoms with E-state index in [0.717, 1.165) is 23.5 Å². The number of rotatable bonds is 3. The lowest BCUT2D eigenvalue weighted by molar-refractivity contribution is -0.138. The van der Waals surface area contributed by atoms with Crippen LogP contribution < -0.4 is 0 Å².